The summed E-state index contributed by atoms with van der Waals surface area (Å²) in [7, 11) is 2.97. The van der Waals surface area contributed by atoms with Gasteiger partial charge in [0.1, 0.15) is 23.1 Å². The van der Waals surface area contributed by atoms with Gasteiger partial charge in [-0.3, -0.25) is 24.3 Å². The van der Waals surface area contributed by atoms with Gasteiger partial charge in [-0.05, 0) is 6.92 Å². The zero-order valence-corrected chi connectivity index (χ0v) is 11.5. The van der Waals surface area contributed by atoms with E-state index in [0.29, 0.717) is 0 Å². The van der Waals surface area contributed by atoms with Crippen LogP contribution in [0.2, 0.25) is 0 Å². The molecule has 10 nitrogen and oxygen atoms in total. The largest absolute Gasteiger partial charge is 0.322 e. The summed E-state index contributed by atoms with van der Waals surface area (Å²) in [6.07, 6.45) is 1.29. The van der Waals surface area contributed by atoms with Crippen molar-refractivity contribution in [2.75, 3.05) is 5.32 Å². The zero-order valence-electron chi connectivity index (χ0n) is 11.5. The number of amides is 1. The van der Waals surface area contributed by atoms with Crippen molar-refractivity contribution >= 4 is 17.4 Å². The SMILES string of the molecule is Cc1nn(C)c(C(=O)Nc2c(C#N)cnn2C)c1[N+](=O)[O-]. The number of carbonyl (C=O) groups excluding carboxylic acids is 1. The second kappa shape index (κ2) is 5.04. The maximum absolute atomic E-state index is 12.3. The van der Waals surface area contributed by atoms with Gasteiger partial charge < -0.3 is 5.32 Å². The first-order chi connectivity index (χ1) is 9.86. The molecule has 0 unspecified atom stereocenters. The van der Waals surface area contributed by atoms with Crippen LogP contribution in [0.1, 0.15) is 21.7 Å². The number of rotatable bonds is 3. The second-order valence-corrected chi connectivity index (χ2v) is 4.26. The summed E-state index contributed by atoms with van der Waals surface area (Å²) in [5.41, 5.74) is -0.260. The van der Waals surface area contributed by atoms with Gasteiger partial charge in [-0.1, -0.05) is 0 Å². The average molecular weight is 289 g/mol. The van der Waals surface area contributed by atoms with E-state index in [-0.39, 0.29) is 28.5 Å². The van der Waals surface area contributed by atoms with Crippen LogP contribution >= 0.6 is 0 Å². The molecule has 2 rings (SSSR count). The number of aryl methyl sites for hydroxylation is 3. The van der Waals surface area contributed by atoms with Crippen LogP contribution in [0, 0.1) is 28.4 Å². The topological polar surface area (TPSA) is 132 Å². The Hall–Kier alpha value is -3.22. The molecule has 0 saturated heterocycles. The lowest BCUT2D eigenvalue weighted by Gasteiger charge is -2.05. The first-order valence-corrected chi connectivity index (χ1v) is 5.78. The van der Waals surface area contributed by atoms with Gasteiger partial charge in [-0.2, -0.15) is 15.5 Å². The van der Waals surface area contributed by atoms with Gasteiger partial charge in [0.25, 0.3) is 5.91 Å². The maximum Gasteiger partial charge on any atom is 0.322 e. The first-order valence-electron chi connectivity index (χ1n) is 5.78. The van der Waals surface area contributed by atoms with Crippen molar-refractivity contribution in [1.82, 2.24) is 19.6 Å². The second-order valence-electron chi connectivity index (χ2n) is 4.26. The van der Waals surface area contributed by atoms with Gasteiger partial charge in [-0.15, -0.1) is 0 Å². The van der Waals surface area contributed by atoms with Crippen LogP contribution in [0.3, 0.4) is 0 Å². The molecule has 2 heterocycles. The number of hydrogen-bond acceptors (Lipinski definition) is 6. The molecule has 108 valence electrons. The summed E-state index contributed by atoms with van der Waals surface area (Å²) in [5.74, 6) is -0.569. The average Bonchev–Trinajstić information content (AvgIpc) is 2.90. The summed E-state index contributed by atoms with van der Waals surface area (Å²) in [6, 6.07) is 1.88. The molecule has 0 atom stereocenters. The molecule has 2 aromatic heterocycles. The van der Waals surface area contributed by atoms with Crippen LogP contribution in [0.5, 0.6) is 0 Å². The zero-order chi connectivity index (χ0) is 15.7. The van der Waals surface area contributed by atoms with Crippen LogP contribution in [0.4, 0.5) is 11.5 Å². The minimum atomic E-state index is -0.732. The third kappa shape index (κ3) is 2.32. The van der Waals surface area contributed by atoms with E-state index in [1.54, 1.807) is 7.05 Å². The predicted octanol–water partition coefficient (Wildman–Crippen LogP) is 0.494. The molecule has 0 aromatic carbocycles. The van der Waals surface area contributed by atoms with Gasteiger partial charge in [0.2, 0.25) is 5.69 Å². The summed E-state index contributed by atoms with van der Waals surface area (Å²) >= 11 is 0. The van der Waals surface area contributed by atoms with Gasteiger partial charge in [0.05, 0.1) is 11.1 Å². The Balaban J connectivity index is 2.45. The molecular formula is C11H11N7O3. The molecule has 0 bridgehead atoms. The van der Waals surface area contributed by atoms with E-state index < -0.39 is 10.8 Å². The van der Waals surface area contributed by atoms with E-state index in [1.807, 2.05) is 6.07 Å². The standard InChI is InChI=1S/C11H11N7O3/c1-6-8(18(20)21)9(16(2)15-6)11(19)14-10-7(4-12)5-13-17(10)3/h5H,1-3H3,(H,14,19). The molecule has 0 radical (unpaired) electrons. The third-order valence-corrected chi connectivity index (χ3v) is 2.88. The van der Waals surface area contributed by atoms with Crippen LogP contribution < -0.4 is 5.32 Å². The van der Waals surface area contributed by atoms with Crippen LogP contribution in [0.15, 0.2) is 6.20 Å². The monoisotopic (exact) mass is 289 g/mol. The molecule has 0 aliphatic carbocycles. The van der Waals surface area contributed by atoms with Crippen LogP contribution in [0.25, 0.3) is 0 Å². The number of anilines is 1. The summed E-state index contributed by atoms with van der Waals surface area (Å²) in [4.78, 5) is 22.7. The van der Waals surface area contributed by atoms with Gasteiger partial charge >= 0.3 is 5.69 Å². The highest BCUT2D eigenvalue weighted by atomic mass is 16.6. The quantitative estimate of drug-likeness (QED) is 0.646. The fraction of sp³-hybridized carbons (Fsp3) is 0.273. The van der Waals surface area contributed by atoms with E-state index in [0.717, 1.165) is 4.68 Å². The van der Waals surface area contributed by atoms with E-state index in [1.165, 1.54) is 24.9 Å². The van der Waals surface area contributed by atoms with E-state index >= 15 is 0 Å². The molecule has 2 aromatic rings. The summed E-state index contributed by atoms with van der Waals surface area (Å²) < 4.78 is 2.43. The molecule has 0 aliphatic rings. The highest BCUT2D eigenvalue weighted by molar-refractivity contribution is 6.06. The van der Waals surface area contributed by atoms with E-state index in [2.05, 4.69) is 15.5 Å². The number of nitriles is 1. The Labute approximate surface area is 118 Å². The fourth-order valence-electron chi connectivity index (χ4n) is 1.95. The first kappa shape index (κ1) is 14.2. The Morgan fingerprint density at radius 2 is 2.14 bits per heavy atom. The number of hydrogen-bond donors (Lipinski definition) is 1. The van der Waals surface area contributed by atoms with Crippen molar-refractivity contribution in [2.24, 2.45) is 14.1 Å². The van der Waals surface area contributed by atoms with Gasteiger partial charge in [0.15, 0.2) is 0 Å². The normalized spacial score (nSPS) is 10.2. The molecule has 0 spiro atoms. The van der Waals surface area contributed by atoms with E-state index in [4.69, 9.17) is 5.26 Å². The third-order valence-electron chi connectivity index (χ3n) is 2.88. The maximum atomic E-state index is 12.3. The van der Waals surface area contributed by atoms with Crippen molar-refractivity contribution in [3.8, 4) is 6.07 Å². The van der Waals surface area contributed by atoms with Crippen molar-refractivity contribution in [3.63, 3.8) is 0 Å². The summed E-state index contributed by atoms with van der Waals surface area (Å²) in [6.45, 7) is 1.44. The minimum Gasteiger partial charge on any atom is -0.304 e. The van der Waals surface area contributed by atoms with Crippen molar-refractivity contribution in [3.05, 3.63) is 33.3 Å². The molecule has 1 N–H and O–H groups in total. The Bertz CT molecular complexity index is 781. The van der Waals surface area contributed by atoms with Gasteiger partial charge in [0, 0.05) is 14.1 Å². The molecule has 10 heteroatoms. The lowest BCUT2D eigenvalue weighted by atomic mass is 10.2. The highest BCUT2D eigenvalue weighted by Gasteiger charge is 2.30. The molecular weight excluding hydrogens is 278 g/mol. The Kier molecular flexibility index (Phi) is 3.41. The van der Waals surface area contributed by atoms with Crippen LogP contribution in [-0.4, -0.2) is 30.4 Å². The smallest absolute Gasteiger partial charge is 0.304 e. The lowest BCUT2D eigenvalue weighted by molar-refractivity contribution is -0.385. The molecule has 0 aliphatic heterocycles. The molecule has 0 fully saturated rings. The van der Waals surface area contributed by atoms with Crippen molar-refractivity contribution in [2.45, 2.75) is 6.92 Å². The Morgan fingerprint density at radius 3 is 2.71 bits per heavy atom. The fourth-order valence-corrected chi connectivity index (χ4v) is 1.95. The van der Waals surface area contributed by atoms with Crippen molar-refractivity contribution in [1.29, 1.82) is 5.26 Å². The van der Waals surface area contributed by atoms with Crippen LogP contribution in [-0.2, 0) is 14.1 Å². The lowest BCUT2D eigenvalue weighted by Crippen LogP contribution is -2.19. The molecule has 1 amide bonds. The van der Waals surface area contributed by atoms with Crippen molar-refractivity contribution < 1.29 is 9.72 Å². The number of carbonyl (C=O) groups is 1. The van der Waals surface area contributed by atoms with E-state index in [9.17, 15) is 14.9 Å². The number of aromatic nitrogens is 4. The molecule has 21 heavy (non-hydrogen) atoms. The van der Waals surface area contributed by atoms with Gasteiger partial charge in [-0.25, -0.2) is 0 Å². The Morgan fingerprint density at radius 1 is 1.48 bits per heavy atom. The number of nitrogens with zero attached hydrogens (tertiary/aromatic N) is 6. The summed E-state index contributed by atoms with van der Waals surface area (Å²) in [5, 5.41) is 30.2. The number of nitro groups is 1. The molecule has 0 saturated carbocycles. The minimum absolute atomic E-state index is 0.137. The highest BCUT2D eigenvalue weighted by Crippen LogP contribution is 2.23. The predicted molar refractivity (Wildman–Crippen MR) is 70.5 cm³/mol. The number of nitrogens with one attached hydrogen (secondary N) is 1.